The highest BCUT2D eigenvalue weighted by molar-refractivity contribution is 5.19. The lowest BCUT2D eigenvalue weighted by Gasteiger charge is -2.32. The van der Waals surface area contributed by atoms with Crippen molar-refractivity contribution in [1.29, 1.82) is 0 Å². The van der Waals surface area contributed by atoms with Gasteiger partial charge < -0.3 is 9.84 Å². The van der Waals surface area contributed by atoms with Crippen molar-refractivity contribution in [3.8, 4) is 0 Å². The van der Waals surface area contributed by atoms with Crippen molar-refractivity contribution in [2.75, 3.05) is 7.11 Å². The maximum atomic E-state index is 13.0. The lowest BCUT2D eigenvalue weighted by Crippen LogP contribution is -2.42. The molecule has 0 fully saturated rings. The molecule has 2 nitrogen and oxygen atoms in total. The van der Waals surface area contributed by atoms with Crippen molar-refractivity contribution in [1.82, 2.24) is 0 Å². The van der Waals surface area contributed by atoms with Crippen LogP contribution in [0.15, 0.2) is 18.2 Å². The van der Waals surface area contributed by atoms with E-state index in [-0.39, 0.29) is 6.42 Å². The Labute approximate surface area is 100 Å². The van der Waals surface area contributed by atoms with Crippen LogP contribution in [0.25, 0.3) is 0 Å². The van der Waals surface area contributed by atoms with E-state index < -0.39 is 23.3 Å². The molecule has 2 atom stereocenters. The summed E-state index contributed by atoms with van der Waals surface area (Å²) >= 11 is 0. The van der Waals surface area contributed by atoms with Gasteiger partial charge in [0.15, 0.2) is 11.6 Å². The van der Waals surface area contributed by atoms with Crippen LogP contribution in [0.2, 0.25) is 0 Å². The van der Waals surface area contributed by atoms with E-state index in [0.29, 0.717) is 12.0 Å². The standard InChI is InChI=1S/C13H18F2O2/c1-4-13(2,17-3)12(16)8-9-5-6-10(14)11(15)7-9/h5-7,12,16H,4,8H2,1-3H3. The Hall–Kier alpha value is -1.00. The van der Waals surface area contributed by atoms with Gasteiger partial charge in [0.2, 0.25) is 0 Å². The molecule has 0 aliphatic rings. The maximum absolute atomic E-state index is 13.0. The van der Waals surface area contributed by atoms with Crippen LogP contribution >= 0.6 is 0 Å². The molecule has 0 spiro atoms. The fraction of sp³-hybridized carbons (Fsp3) is 0.538. The SMILES string of the molecule is CCC(C)(OC)C(O)Cc1ccc(F)c(F)c1. The van der Waals surface area contributed by atoms with Gasteiger partial charge >= 0.3 is 0 Å². The second kappa shape index (κ2) is 5.56. The lowest BCUT2D eigenvalue weighted by molar-refractivity contribution is -0.0914. The molecule has 0 bridgehead atoms. The van der Waals surface area contributed by atoms with Gasteiger partial charge in [0.25, 0.3) is 0 Å². The van der Waals surface area contributed by atoms with Crippen LogP contribution in [0, 0.1) is 11.6 Å². The van der Waals surface area contributed by atoms with E-state index >= 15 is 0 Å². The van der Waals surface area contributed by atoms with E-state index in [4.69, 9.17) is 4.74 Å². The number of aliphatic hydroxyl groups excluding tert-OH is 1. The molecule has 0 saturated heterocycles. The molecule has 2 unspecified atom stereocenters. The Morgan fingerprint density at radius 3 is 2.47 bits per heavy atom. The zero-order valence-electron chi connectivity index (χ0n) is 10.3. The number of halogens is 2. The molecule has 4 heteroatoms. The Balaban J connectivity index is 2.80. The van der Waals surface area contributed by atoms with Gasteiger partial charge in [-0.05, 0) is 31.0 Å². The number of hydrogen-bond acceptors (Lipinski definition) is 2. The number of hydrogen-bond donors (Lipinski definition) is 1. The second-order valence-electron chi connectivity index (χ2n) is 4.34. The van der Waals surface area contributed by atoms with Crippen LogP contribution in [-0.4, -0.2) is 23.9 Å². The average molecular weight is 244 g/mol. The molecule has 0 saturated carbocycles. The molecule has 0 aliphatic carbocycles. The molecule has 96 valence electrons. The second-order valence-corrected chi connectivity index (χ2v) is 4.34. The van der Waals surface area contributed by atoms with E-state index in [1.165, 1.54) is 13.2 Å². The maximum Gasteiger partial charge on any atom is 0.159 e. The van der Waals surface area contributed by atoms with Crippen LogP contribution < -0.4 is 0 Å². The summed E-state index contributed by atoms with van der Waals surface area (Å²) in [6.07, 6.45) is 0.103. The third-order valence-electron chi connectivity index (χ3n) is 3.29. The lowest BCUT2D eigenvalue weighted by atomic mass is 9.91. The molecule has 0 radical (unpaired) electrons. The molecule has 0 heterocycles. The summed E-state index contributed by atoms with van der Waals surface area (Å²) in [4.78, 5) is 0. The molecule has 17 heavy (non-hydrogen) atoms. The summed E-state index contributed by atoms with van der Waals surface area (Å²) in [5.74, 6) is -1.78. The van der Waals surface area contributed by atoms with Gasteiger partial charge in [-0.3, -0.25) is 0 Å². The van der Waals surface area contributed by atoms with Crippen LogP contribution in [0.4, 0.5) is 8.78 Å². The van der Waals surface area contributed by atoms with E-state index in [2.05, 4.69) is 0 Å². The smallest absolute Gasteiger partial charge is 0.159 e. The van der Waals surface area contributed by atoms with Crippen molar-refractivity contribution in [3.63, 3.8) is 0 Å². The minimum Gasteiger partial charge on any atom is -0.390 e. The molecular formula is C13H18F2O2. The van der Waals surface area contributed by atoms with Gasteiger partial charge in [-0.25, -0.2) is 8.78 Å². The van der Waals surface area contributed by atoms with Gasteiger partial charge in [-0.15, -0.1) is 0 Å². The van der Waals surface area contributed by atoms with Gasteiger partial charge in [-0.1, -0.05) is 13.0 Å². The highest BCUT2D eigenvalue weighted by Crippen LogP contribution is 2.22. The summed E-state index contributed by atoms with van der Waals surface area (Å²) < 4.78 is 31.0. The largest absolute Gasteiger partial charge is 0.390 e. The number of benzene rings is 1. The number of aliphatic hydroxyl groups is 1. The molecule has 1 aromatic rings. The zero-order chi connectivity index (χ0) is 13.1. The molecule has 1 N–H and O–H groups in total. The molecule has 1 rings (SSSR count). The predicted molar refractivity (Wildman–Crippen MR) is 61.8 cm³/mol. The van der Waals surface area contributed by atoms with Crippen LogP contribution in [0.1, 0.15) is 25.8 Å². The molecule has 0 amide bonds. The van der Waals surface area contributed by atoms with Crippen molar-refractivity contribution < 1.29 is 18.6 Å². The first-order valence-electron chi connectivity index (χ1n) is 5.60. The average Bonchev–Trinajstić information content (AvgIpc) is 2.32. The fourth-order valence-corrected chi connectivity index (χ4v) is 1.62. The summed E-state index contributed by atoms with van der Waals surface area (Å²) in [6, 6.07) is 3.63. The fourth-order valence-electron chi connectivity index (χ4n) is 1.62. The highest BCUT2D eigenvalue weighted by atomic mass is 19.2. The van der Waals surface area contributed by atoms with E-state index in [1.807, 2.05) is 6.92 Å². The zero-order valence-corrected chi connectivity index (χ0v) is 10.3. The first-order chi connectivity index (χ1) is 7.92. The van der Waals surface area contributed by atoms with Crippen LogP contribution in [0.5, 0.6) is 0 Å². The Morgan fingerprint density at radius 1 is 1.35 bits per heavy atom. The molecule has 0 aliphatic heterocycles. The summed E-state index contributed by atoms with van der Waals surface area (Å²) in [5.41, 5.74) is -0.127. The number of rotatable bonds is 5. The number of methoxy groups -OCH3 is 1. The Kier molecular flexibility index (Phi) is 4.60. The monoisotopic (exact) mass is 244 g/mol. The van der Waals surface area contributed by atoms with E-state index in [0.717, 1.165) is 12.1 Å². The summed E-state index contributed by atoms with van der Waals surface area (Å²) in [5, 5.41) is 10.0. The minimum atomic E-state index is -0.898. The first-order valence-corrected chi connectivity index (χ1v) is 5.60. The van der Waals surface area contributed by atoms with Crippen molar-refractivity contribution >= 4 is 0 Å². The molecule has 0 aromatic heterocycles. The normalized spacial score (nSPS) is 16.6. The number of ether oxygens (including phenoxy) is 1. The van der Waals surface area contributed by atoms with Crippen molar-refractivity contribution in [2.45, 2.75) is 38.4 Å². The third-order valence-corrected chi connectivity index (χ3v) is 3.29. The van der Waals surface area contributed by atoms with E-state index in [1.54, 1.807) is 6.92 Å². The van der Waals surface area contributed by atoms with E-state index in [9.17, 15) is 13.9 Å². The van der Waals surface area contributed by atoms with Gasteiger partial charge in [0.05, 0.1) is 11.7 Å². The minimum absolute atomic E-state index is 0.232. The van der Waals surface area contributed by atoms with Crippen molar-refractivity contribution in [2.24, 2.45) is 0 Å². The Bertz CT molecular complexity index is 376. The summed E-state index contributed by atoms with van der Waals surface area (Å²) in [6.45, 7) is 3.69. The third kappa shape index (κ3) is 3.23. The quantitative estimate of drug-likeness (QED) is 0.863. The predicted octanol–water partition coefficient (Wildman–Crippen LogP) is 2.68. The summed E-state index contributed by atoms with van der Waals surface area (Å²) in [7, 11) is 1.53. The molecular weight excluding hydrogens is 226 g/mol. The van der Waals surface area contributed by atoms with Crippen LogP contribution in [-0.2, 0) is 11.2 Å². The molecule has 1 aromatic carbocycles. The van der Waals surface area contributed by atoms with Crippen molar-refractivity contribution in [3.05, 3.63) is 35.4 Å². The van der Waals surface area contributed by atoms with Crippen LogP contribution in [0.3, 0.4) is 0 Å². The topological polar surface area (TPSA) is 29.5 Å². The Morgan fingerprint density at radius 2 is 2.00 bits per heavy atom. The van der Waals surface area contributed by atoms with Gasteiger partial charge in [0.1, 0.15) is 0 Å². The first kappa shape index (κ1) is 14.1. The van der Waals surface area contributed by atoms with Gasteiger partial charge in [0, 0.05) is 13.5 Å². The van der Waals surface area contributed by atoms with Gasteiger partial charge in [-0.2, -0.15) is 0 Å². The highest BCUT2D eigenvalue weighted by Gasteiger charge is 2.31.